The van der Waals surface area contributed by atoms with E-state index in [-0.39, 0.29) is 12.4 Å². The number of benzene rings is 1. The van der Waals surface area contributed by atoms with Gasteiger partial charge in [0, 0.05) is 22.0 Å². The number of methoxy groups -OCH3 is 1. The first-order valence-corrected chi connectivity index (χ1v) is 9.57. The SMILES string of the molecule is COC(=O)Cc1ccc(Nc2cc(-c3cccc(Cl)c3)nc3c2CCC3)cn1. The summed E-state index contributed by atoms with van der Waals surface area (Å²) in [4.78, 5) is 20.6. The van der Waals surface area contributed by atoms with E-state index in [2.05, 4.69) is 21.1 Å². The number of halogens is 1. The minimum atomic E-state index is -0.300. The van der Waals surface area contributed by atoms with E-state index in [1.165, 1.54) is 12.7 Å². The average molecular weight is 394 g/mol. The van der Waals surface area contributed by atoms with Gasteiger partial charge in [0.1, 0.15) is 0 Å². The Kier molecular flexibility index (Phi) is 5.26. The van der Waals surface area contributed by atoms with Gasteiger partial charge in [-0.1, -0.05) is 23.7 Å². The molecule has 0 unspecified atom stereocenters. The lowest BCUT2D eigenvalue weighted by Crippen LogP contribution is -2.06. The number of hydrogen-bond donors (Lipinski definition) is 1. The van der Waals surface area contributed by atoms with E-state index >= 15 is 0 Å². The van der Waals surface area contributed by atoms with Crippen molar-refractivity contribution >= 4 is 28.9 Å². The van der Waals surface area contributed by atoms with Crippen LogP contribution in [0.1, 0.15) is 23.4 Å². The highest BCUT2D eigenvalue weighted by molar-refractivity contribution is 6.30. The molecule has 0 spiro atoms. The van der Waals surface area contributed by atoms with Crippen molar-refractivity contribution in [2.24, 2.45) is 0 Å². The predicted molar refractivity (Wildman–Crippen MR) is 110 cm³/mol. The van der Waals surface area contributed by atoms with E-state index in [1.54, 1.807) is 6.20 Å². The molecule has 0 amide bonds. The fourth-order valence-electron chi connectivity index (χ4n) is 3.43. The highest BCUT2D eigenvalue weighted by atomic mass is 35.5. The van der Waals surface area contributed by atoms with Crippen molar-refractivity contribution in [3.8, 4) is 11.3 Å². The molecule has 0 fully saturated rings. The number of fused-ring (bicyclic) bond motifs is 1. The van der Waals surface area contributed by atoms with Crippen LogP contribution in [0.3, 0.4) is 0 Å². The Morgan fingerprint density at radius 2 is 2.11 bits per heavy atom. The number of aryl methyl sites for hydroxylation is 1. The largest absolute Gasteiger partial charge is 0.469 e. The van der Waals surface area contributed by atoms with Gasteiger partial charge in [0.2, 0.25) is 0 Å². The van der Waals surface area contributed by atoms with Crippen LogP contribution in [0.5, 0.6) is 0 Å². The summed E-state index contributed by atoms with van der Waals surface area (Å²) < 4.78 is 4.68. The Bertz CT molecular complexity index is 1020. The van der Waals surface area contributed by atoms with Crippen LogP contribution in [0.25, 0.3) is 11.3 Å². The number of nitrogens with one attached hydrogen (secondary N) is 1. The molecule has 4 rings (SSSR count). The molecule has 1 aliphatic carbocycles. The van der Waals surface area contributed by atoms with E-state index < -0.39 is 0 Å². The van der Waals surface area contributed by atoms with Crippen LogP contribution < -0.4 is 5.32 Å². The van der Waals surface area contributed by atoms with Gasteiger partial charge in [-0.05, 0) is 55.2 Å². The van der Waals surface area contributed by atoms with Gasteiger partial charge >= 0.3 is 5.97 Å². The van der Waals surface area contributed by atoms with Gasteiger partial charge in [-0.25, -0.2) is 0 Å². The second kappa shape index (κ2) is 7.98. The molecule has 28 heavy (non-hydrogen) atoms. The van der Waals surface area contributed by atoms with E-state index in [4.69, 9.17) is 16.6 Å². The number of rotatable bonds is 5. The number of hydrogen-bond acceptors (Lipinski definition) is 5. The van der Waals surface area contributed by atoms with Crippen LogP contribution in [0, 0.1) is 0 Å². The lowest BCUT2D eigenvalue weighted by atomic mass is 10.1. The molecule has 1 aliphatic rings. The Morgan fingerprint density at radius 3 is 2.86 bits per heavy atom. The molecule has 0 radical (unpaired) electrons. The van der Waals surface area contributed by atoms with Crippen molar-refractivity contribution in [1.29, 1.82) is 0 Å². The summed E-state index contributed by atoms with van der Waals surface area (Å²) in [6.07, 6.45) is 4.99. The van der Waals surface area contributed by atoms with Crippen LogP contribution in [-0.4, -0.2) is 23.0 Å². The van der Waals surface area contributed by atoms with Crippen molar-refractivity contribution in [1.82, 2.24) is 9.97 Å². The van der Waals surface area contributed by atoms with E-state index in [0.29, 0.717) is 10.7 Å². The minimum absolute atomic E-state index is 0.167. The molecule has 0 bridgehead atoms. The highest BCUT2D eigenvalue weighted by Gasteiger charge is 2.19. The molecule has 0 atom stereocenters. The summed E-state index contributed by atoms with van der Waals surface area (Å²) in [5, 5.41) is 4.17. The van der Waals surface area contributed by atoms with Crippen molar-refractivity contribution in [2.75, 3.05) is 12.4 Å². The molecule has 1 N–H and O–H groups in total. The maximum Gasteiger partial charge on any atom is 0.311 e. The van der Waals surface area contributed by atoms with Crippen LogP contribution in [0.15, 0.2) is 48.7 Å². The molecule has 142 valence electrons. The minimum Gasteiger partial charge on any atom is -0.469 e. The lowest BCUT2D eigenvalue weighted by Gasteiger charge is -2.14. The summed E-state index contributed by atoms with van der Waals surface area (Å²) in [5.74, 6) is -0.300. The standard InChI is InChI=1S/C22H20ClN3O2/c1-28-22(27)11-16-8-9-17(13-24-16)25-21-12-20(14-4-2-5-15(23)10-14)26-19-7-3-6-18(19)21/h2,4-5,8-10,12-13H,3,6-7,11H2,1H3,(H,25,26). The van der Waals surface area contributed by atoms with Crippen LogP contribution in [0.4, 0.5) is 11.4 Å². The van der Waals surface area contributed by atoms with E-state index in [0.717, 1.165) is 47.6 Å². The fourth-order valence-corrected chi connectivity index (χ4v) is 3.62. The van der Waals surface area contributed by atoms with Crippen molar-refractivity contribution in [3.05, 3.63) is 70.6 Å². The molecule has 2 heterocycles. The summed E-state index contributed by atoms with van der Waals surface area (Å²) in [6, 6.07) is 13.6. The number of ether oxygens (including phenoxy) is 1. The zero-order valence-electron chi connectivity index (χ0n) is 15.5. The average Bonchev–Trinajstić information content (AvgIpc) is 3.18. The summed E-state index contributed by atoms with van der Waals surface area (Å²) >= 11 is 6.16. The monoisotopic (exact) mass is 393 g/mol. The van der Waals surface area contributed by atoms with E-state index in [1.807, 2.05) is 36.4 Å². The number of pyridine rings is 2. The topological polar surface area (TPSA) is 64.1 Å². The normalized spacial score (nSPS) is 12.5. The highest BCUT2D eigenvalue weighted by Crippen LogP contribution is 2.34. The fraction of sp³-hybridized carbons (Fsp3) is 0.227. The first kappa shape index (κ1) is 18.4. The summed E-state index contributed by atoms with van der Waals surface area (Å²) in [6.45, 7) is 0. The van der Waals surface area contributed by atoms with Gasteiger partial charge in [0.25, 0.3) is 0 Å². The molecular weight excluding hydrogens is 374 g/mol. The van der Waals surface area contributed by atoms with Crippen molar-refractivity contribution in [2.45, 2.75) is 25.7 Å². The van der Waals surface area contributed by atoms with Gasteiger partial charge in [-0.15, -0.1) is 0 Å². The number of aromatic nitrogens is 2. The van der Waals surface area contributed by atoms with E-state index in [9.17, 15) is 4.79 Å². The molecule has 1 aromatic carbocycles. The first-order valence-electron chi connectivity index (χ1n) is 9.20. The van der Waals surface area contributed by atoms with Crippen molar-refractivity contribution in [3.63, 3.8) is 0 Å². The predicted octanol–water partition coefficient (Wildman–Crippen LogP) is 4.74. The van der Waals surface area contributed by atoms with Gasteiger partial charge in [-0.2, -0.15) is 0 Å². The van der Waals surface area contributed by atoms with Gasteiger partial charge in [-0.3, -0.25) is 14.8 Å². The zero-order valence-corrected chi connectivity index (χ0v) is 16.3. The second-order valence-electron chi connectivity index (χ2n) is 6.76. The molecular formula is C22H20ClN3O2. The Labute approximate surface area is 168 Å². The van der Waals surface area contributed by atoms with Gasteiger partial charge in [0.05, 0.1) is 36.8 Å². The Morgan fingerprint density at radius 1 is 1.21 bits per heavy atom. The van der Waals surface area contributed by atoms with Gasteiger partial charge < -0.3 is 10.1 Å². The molecule has 2 aromatic heterocycles. The van der Waals surface area contributed by atoms with Crippen LogP contribution in [0.2, 0.25) is 5.02 Å². The summed E-state index contributed by atoms with van der Waals surface area (Å²) in [5.41, 5.74) is 6.88. The number of nitrogens with zero attached hydrogens (tertiary/aromatic N) is 2. The first-order chi connectivity index (χ1) is 13.6. The second-order valence-corrected chi connectivity index (χ2v) is 7.20. The lowest BCUT2D eigenvalue weighted by molar-refractivity contribution is -0.139. The van der Waals surface area contributed by atoms with Crippen LogP contribution in [-0.2, 0) is 28.8 Å². The molecule has 0 aliphatic heterocycles. The van der Waals surface area contributed by atoms with Crippen molar-refractivity contribution < 1.29 is 9.53 Å². The third-order valence-electron chi connectivity index (χ3n) is 4.83. The number of anilines is 2. The number of carbonyl (C=O) groups excluding carboxylic acids is 1. The third kappa shape index (κ3) is 3.99. The molecule has 6 heteroatoms. The zero-order chi connectivity index (χ0) is 19.5. The summed E-state index contributed by atoms with van der Waals surface area (Å²) in [7, 11) is 1.37. The molecule has 0 saturated heterocycles. The molecule has 5 nitrogen and oxygen atoms in total. The Balaban J connectivity index is 1.63. The molecule has 3 aromatic rings. The van der Waals surface area contributed by atoms with Crippen LogP contribution >= 0.6 is 11.6 Å². The third-order valence-corrected chi connectivity index (χ3v) is 5.06. The molecule has 0 saturated carbocycles. The number of carbonyl (C=O) groups is 1. The smallest absolute Gasteiger partial charge is 0.311 e. The van der Waals surface area contributed by atoms with Gasteiger partial charge in [0.15, 0.2) is 0 Å². The quantitative estimate of drug-likeness (QED) is 0.634. The maximum atomic E-state index is 11.4. The number of esters is 1. The Hall–Kier alpha value is -2.92. The maximum absolute atomic E-state index is 11.4.